The number of nitrogens with two attached hydrogens (primary N) is 1. The van der Waals surface area contributed by atoms with Gasteiger partial charge in [0.1, 0.15) is 11.0 Å². The van der Waals surface area contributed by atoms with Crippen LogP contribution in [0.4, 0.5) is 5.69 Å². The number of hydrogen-bond donors (Lipinski definition) is 2. The molecule has 114 valence electrons. The van der Waals surface area contributed by atoms with Gasteiger partial charge in [-0.25, -0.2) is 0 Å². The van der Waals surface area contributed by atoms with E-state index in [1.807, 2.05) is 6.92 Å². The molecule has 1 heterocycles. The normalized spacial score (nSPS) is 16.4. The van der Waals surface area contributed by atoms with Crippen LogP contribution in [0.1, 0.15) is 12.5 Å². The predicted molar refractivity (Wildman–Crippen MR) is 87.8 cm³/mol. The van der Waals surface area contributed by atoms with E-state index in [1.54, 1.807) is 23.1 Å². The van der Waals surface area contributed by atoms with Crippen LogP contribution in [0.25, 0.3) is 0 Å². The van der Waals surface area contributed by atoms with Crippen molar-refractivity contribution in [3.05, 3.63) is 28.8 Å². The first-order chi connectivity index (χ1) is 9.99. The molecule has 21 heavy (non-hydrogen) atoms. The molecule has 0 aliphatic carbocycles. The Morgan fingerprint density at radius 2 is 2.14 bits per heavy atom. The maximum atomic E-state index is 12.4. The zero-order valence-electron chi connectivity index (χ0n) is 11.8. The lowest BCUT2D eigenvalue weighted by Gasteiger charge is -2.30. The molecular weight excluding hydrogens is 310 g/mol. The van der Waals surface area contributed by atoms with E-state index in [-0.39, 0.29) is 10.9 Å². The number of carbonyl (C=O) groups is 1. The molecule has 1 saturated heterocycles. The van der Waals surface area contributed by atoms with E-state index in [4.69, 9.17) is 34.3 Å². The number of amides is 1. The number of morpholine rings is 1. The van der Waals surface area contributed by atoms with Crippen molar-refractivity contribution in [2.24, 2.45) is 5.73 Å². The highest BCUT2D eigenvalue weighted by Gasteiger charge is 2.23. The molecule has 0 bridgehead atoms. The summed E-state index contributed by atoms with van der Waals surface area (Å²) >= 11 is 11.0. The fourth-order valence-electron chi connectivity index (χ4n) is 2.20. The van der Waals surface area contributed by atoms with Crippen molar-refractivity contribution < 1.29 is 9.53 Å². The van der Waals surface area contributed by atoms with Gasteiger partial charge < -0.3 is 20.7 Å². The van der Waals surface area contributed by atoms with Crippen molar-refractivity contribution in [2.45, 2.75) is 13.0 Å². The average molecular weight is 328 g/mol. The summed E-state index contributed by atoms with van der Waals surface area (Å²) in [5.41, 5.74) is 7.04. The maximum absolute atomic E-state index is 12.4. The standard InChI is InChI=1S/C14H18ClN3O2S/c1-9(14(19)18-4-6-20-7-5-18)17-12-8-10(15)2-3-11(12)13(16)21/h2-3,8-9,17H,4-7H2,1H3,(H2,16,21). The van der Waals surface area contributed by atoms with Crippen molar-refractivity contribution in [1.82, 2.24) is 4.90 Å². The van der Waals surface area contributed by atoms with Crippen LogP contribution in [0.15, 0.2) is 18.2 Å². The number of carbonyl (C=O) groups excluding carboxylic acids is 1. The van der Waals surface area contributed by atoms with Crippen LogP contribution in [0.2, 0.25) is 5.02 Å². The van der Waals surface area contributed by atoms with Crippen LogP contribution in [0, 0.1) is 0 Å². The quantitative estimate of drug-likeness (QED) is 0.823. The van der Waals surface area contributed by atoms with Crippen molar-refractivity contribution in [1.29, 1.82) is 0 Å². The van der Waals surface area contributed by atoms with Crippen LogP contribution < -0.4 is 11.1 Å². The van der Waals surface area contributed by atoms with E-state index < -0.39 is 6.04 Å². The third kappa shape index (κ3) is 4.06. The second kappa shape index (κ2) is 7.06. The number of halogens is 1. The molecule has 5 nitrogen and oxygen atoms in total. The van der Waals surface area contributed by atoms with Gasteiger partial charge in [0.25, 0.3) is 0 Å². The molecule has 1 fully saturated rings. The van der Waals surface area contributed by atoms with E-state index in [9.17, 15) is 4.79 Å². The van der Waals surface area contributed by atoms with Crippen molar-refractivity contribution >= 4 is 40.4 Å². The molecule has 0 aromatic heterocycles. The largest absolute Gasteiger partial charge is 0.389 e. The molecule has 0 spiro atoms. The fraction of sp³-hybridized carbons (Fsp3) is 0.429. The van der Waals surface area contributed by atoms with Crippen molar-refractivity contribution in [2.75, 3.05) is 31.6 Å². The molecule has 0 radical (unpaired) electrons. The number of ether oxygens (including phenoxy) is 1. The topological polar surface area (TPSA) is 67.6 Å². The highest BCUT2D eigenvalue weighted by Crippen LogP contribution is 2.22. The molecule has 2 rings (SSSR count). The molecular formula is C14H18ClN3O2S. The lowest BCUT2D eigenvalue weighted by atomic mass is 10.1. The van der Waals surface area contributed by atoms with E-state index in [0.29, 0.717) is 42.6 Å². The van der Waals surface area contributed by atoms with Gasteiger partial charge in [-0.2, -0.15) is 0 Å². The smallest absolute Gasteiger partial charge is 0.244 e. The average Bonchev–Trinajstić information content (AvgIpc) is 2.47. The number of rotatable bonds is 4. The SMILES string of the molecule is CC(Nc1cc(Cl)ccc1C(N)=S)C(=O)N1CCOCC1. The Bertz CT molecular complexity index is 547. The Hall–Kier alpha value is -1.37. The van der Waals surface area contributed by atoms with Gasteiger partial charge in [-0.3, -0.25) is 4.79 Å². The molecule has 1 aliphatic heterocycles. The first-order valence-electron chi connectivity index (χ1n) is 6.71. The van der Waals surface area contributed by atoms with Gasteiger partial charge in [0.2, 0.25) is 5.91 Å². The summed E-state index contributed by atoms with van der Waals surface area (Å²) in [6.07, 6.45) is 0. The minimum absolute atomic E-state index is 0.0205. The van der Waals surface area contributed by atoms with Crippen LogP contribution in [0.3, 0.4) is 0 Å². The van der Waals surface area contributed by atoms with Gasteiger partial charge in [-0.15, -0.1) is 0 Å². The van der Waals surface area contributed by atoms with Gasteiger partial charge in [0, 0.05) is 29.4 Å². The van der Waals surface area contributed by atoms with Crippen molar-refractivity contribution in [3.63, 3.8) is 0 Å². The molecule has 0 saturated carbocycles. The summed E-state index contributed by atoms with van der Waals surface area (Å²) in [5.74, 6) is 0.0205. The fourth-order valence-corrected chi connectivity index (χ4v) is 2.55. The second-order valence-electron chi connectivity index (χ2n) is 4.86. The number of thiocarbonyl (C=S) groups is 1. The van der Waals surface area contributed by atoms with Crippen LogP contribution >= 0.6 is 23.8 Å². The van der Waals surface area contributed by atoms with E-state index in [0.717, 1.165) is 0 Å². The second-order valence-corrected chi connectivity index (χ2v) is 5.73. The third-order valence-corrected chi connectivity index (χ3v) is 3.77. The van der Waals surface area contributed by atoms with E-state index >= 15 is 0 Å². The number of nitrogens with one attached hydrogen (secondary N) is 1. The summed E-state index contributed by atoms with van der Waals surface area (Å²) in [5, 5.41) is 3.70. The summed E-state index contributed by atoms with van der Waals surface area (Å²) in [7, 11) is 0. The molecule has 1 aliphatic rings. The molecule has 7 heteroatoms. The molecule has 1 aromatic rings. The molecule has 1 atom stereocenters. The summed E-state index contributed by atoms with van der Waals surface area (Å²) in [4.78, 5) is 14.4. The van der Waals surface area contributed by atoms with Crippen molar-refractivity contribution in [3.8, 4) is 0 Å². The zero-order chi connectivity index (χ0) is 15.4. The minimum atomic E-state index is -0.394. The lowest BCUT2D eigenvalue weighted by molar-refractivity contribution is -0.135. The van der Waals surface area contributed by atoms with E-state index in [1.165, 1.54) is 0 Å². The number of hydrogen-bond acceptors (Lipinski definition) is 4. The third-order valence-electron chi connectivity index (χ3n) is 3.31. The van der Waals surface area contributed by atoms with Gasteiger partial charge in [-0.05, 0) is 25.1 Å². The minimum Gasteiger partial charge on any atom is -0.389 e. The summed E-state index contributed by atoms with van der Waals surface area (Å²) in [6.45, 7) is 4.19. The number of anilines is 1. The van der Waals surface area contributed by atoms with Gasteiger partial charge in [0.05, 0.1) is 13.2 Å². The lowest BCUT2D eigenvalue weighted by Crippen LogP contribution is -2.47. The highest BCUT2D eigenvalue weighted by atomic mass is 35.5. The molecule has 3 N–H and O–H groups in total. The van der Waals surface area contributed by atoms with Crippen LogP contribution in [0.5, 0.6) is 0 Å². The van der Waals surface area contributed by atoms with E-state index in [2.05, 4.69) is 5.32 Å². The Kier molecular flexibility index (Phi) is 5.39. The number of benzene rings is 1. The Morgan fingerprint density at radius 1 is 1.48 bits per heavy atom. The maximum Gasteiger partial charge on any atom is 0.244 e. The monoisotopic (exact) mass is 327 g/mol. The molecule has 1 aromatic carbocycles. The molecule has 1 unspecified atom stereocenters. The van der Waals surface area contributed by atoms with Gasteiger partial charge >= 0.3 is 0 Å². The summed E-state index contributed by atoms with van der Waals surface area (Å²) in [6, 6.07) is 4.79. The van der Waals surface area contributed by atoms with Gasteiger partial charge in [-0.1, -0.05) is 23.8 Å². The highest BCUT2D eigenvalue weighted by molar-refractivity contribution is 7.80. The van der Waals surface area contributed by atoms with Crippen LogP contribution in [-0.4, -0.2) is 48.1 Å². The molecule has 1 amide bonds. The van der Waals surface area contributed by atoms with Crippen LogP contribution in [-0.2, 0) is 9.53 Å². The first-order valence-corrected chi connectivity index (χ1v) is 7.50. The summed E-state index contributed by atoms with van der Waals surface area (Å²) < 4.78 is 5.25. The Morgan fingerprint density at radius 3 is 2.76 bits per heavy atom. The number of nitrogens with zero attached hydrogens (tertiary/aromatic N) is 1. The predicted octanol–water partition coefficient (Wildman–Crippen LogP) is 1.63. The first kappa shape index (κ1) is 16.0. The Balaban J connectivity index is 2.11. The Labute approximate surface area is 134 Å². The zero-order valence-corrected chi connectivity index (χ0v) is 13.3. The van der Waals surface area contributed by atoms with Gasteiger partial charge in [0.15, 0.2) is 0 Å².